The summed E-state index contributed by atoms with van der Waals surface area (Å²) < 4.78 is 1.81. The van der Waals surface area contributed by atoms with E-state index in [0.717, 1.165) is 42.3 Å². The molecule has 0 unspecified atom stereocenters. The first kappa shape index (κ1) is 16.7. The van der Waals surface area contributed by atoms with E-state index >= 15 is 0 Å². The Balaban J connectivity index is 1.73. The van der Waals surface area contributed by atoms with E-state index in [9.17, 15) is 5.11 Å². The summed E-state index contributed by atoms with van der Waals surface area (Å²) in [7, 11) is 1.91. The minimum absolute atomic E-state index is 0.139. The van der Waals surface area contributed by atoms with E-state index in [0.29, 0.717) is 6.54 Å². The molecule has 4 rings (SSSR count). The first-order valence-corrected chi connectivity index (χ1v) is 9.22. The lowest BCUT2D eigenvalue weighted by Crippen LogP contribution is -2.41. The van der Waals surface area contributed by atoms with Crippen molar-refractivity contribution in [1.82, 2.24) is 24.6 Å². The summed E-state index contributed by atoms with van der Waals surface area (Å²) in [4.78, 5) is 14.3. The Labute approximate surface area is 148 Å². The molecule has 2 aromatic rings. The van der Waals surface area contributed by atoms with E-state index in [-0.39, 0.29) is 17.6 Å². The highest BCUT2D eigenvalue weighted by Gasteiger charge is 2.38. The molecule has 7 nitrogen and oxygen atoms in total. The van der Waals surface area contributed by atoms with Crippen molar-refractivity contribution in [1.29, 1.82) is 0 Å². The second kappa shape index (κ2) is 5.92. The molecule has 2 atom stereocenters. The molecule has 4 heterocycles. The molecule has 0 amide bonds. The number of anilines is 1. The van der Waals surface area contributed by atoms with E-state index in [1.54, 1.807) is 4.68 Å². The van der Waals surface area contributed by atoms with Gasteiger partial charge in [-0.05, 0) is 25.9 Å². The van der Waals surface area contributed by atoms with Crippen LogP contribution >= 0.6 is 0 Å². The van der Waals surface area contributed by atoms with Crippen LogP contribution in [0.15, 0.2) is 6.20 Å². The third-order valence-electron chi connectivity index (χ3n) is 5.41. The predicted molar refractivity (Wildman–Crippen MR) is 97.8 cm³/mol. The second-order valence-electron chi connectivity index (χ2n) is 8.41. The van der Waals surface area contributed by atoms with Gasteiger partial charge in [0.15, 0.2) is 5.65 Å². The van der Waals surface area contributed by atoms with Crippen LogP contribution in [-0.2, 0) is 12.5 Å². The number of likely N-dealkylation sites (tertiary alicyclic amines) is 1. The molecule has 2 aliphatic rings. The highest BCUT2D eigenvalue weighted by atomic mass is 16.3. The fourth-order valence-corrected chi connectivity index (χ4v) is 3.96. The highest BCUT2D eigenvalue weighted by molar-refractivity contribution is 5.87. The van der Waals surface area contributed by atoms with Crippen LogP contribution in [0.25, 0.3) is 11.0 Å². The van der Waals surface area contributed by atoms with Crippen molar-refractivity contribution in [3.05, 3.63) is 12.0 Å². The quantitative estimate of drug-likeness (QED) is 0.886. The van der Waals surface area contributed by atoms with Crippen LogP contribution in [0.1, 0.15) is 39.4 Å². The maximum atomic E-state index is 10.6. The van der Waals surface area contributed by atoms with E-state index in [1.807, 2.05) is 13.2 Å². The van der Waals surface area contributed by atoms with Gasteiger partial charge in [0.05, 0.1) is 23.7 Å². The topological polar surface area (TPSA) is 70.3 Å². The Bertz CT molecular complexity index is 774. The van der Waals surface area contributed by atoms with Crippen LogP contribution in [-0.4, -0.2) is 68.1 Å². The first-order valence-electron chi connectivity index (χ1n) is 9.22. The van der Waals surface area contributed by atoms with Gasteiger partial charge in [-0.3, -0.25) is 9.58 Å². The lowest BCUT2D eigenvalue weighted by Gasteiger charge is -2.26. The van der Waals surface area contributed by atoms with Crippen LogP contribution in [0.5, 0.6) is 0 Å². The maximum absolute atomic E-state index is 10.6. The van der Waals surface area contributed by atoms with Gasteiger partial charge in [-0.25, -0.2) is 9.97 Å². The average molecular weight is 344 g/mol. The molecule has 0 saturated carbocycles. The fourth-order valence-electron chi connectivity index (χ4n) is 3.96. The Kier molecular flexibility index (Phi) is 3.96. The zero-order chi connectivity index (χ0) is 17.8. The predicted octanol–water partition coefficient (Wildman–Crippen LogP) is 1.31. The number of β-amino-alcohol motifs (C(OH)–C–C–N with tert-alkyl or cyclic N) is 1. The van der Waals surface area contributed by atoms with Gasteiger partial charge in [0.1, 0.15) is 11.6 Å². The summed E-state index contributed by atoms with van der Waals surface area (Å²) >= 11 is 0. The Morgan fingerprint density at radius 3 is 2.52 bits per heavy atom. The number of aliphatic hydroxyl groups excluding tert-OH is 1. The van der Waals surface area contributed by atoms with E-state index in [1.165, 1.54) is 12.8 Å². The molecule has 136 valence electrons. The Morgan fingerprint density at radius 2 is 1.84 bits per heavy atom. The van der Waals surface area contributed by atoms with Crippen molar-refractivity contribution in [2.75, 3.05) is 31.1 Å². The number of rotatable bonds is 2. The number of aromatic nitrogens is 4. The molecule has 0 aliphatic carbocycles. The van der Waals surface area contributed by atoms with Gasteiger partial charge < -0.3 is 10.0 Å². The molecule has 1 N–H and O–H groups in total. The standard InChI is InChI=1S/C18H28N6O/c1-18(2,3)17-20-15-12(9-19-22(15)4)16(21-17)24-10-13(14(25)11-24)23-7-5-6-8-23/h9,13-14,25H,5-8,10-11H2,1-4H3/t13-,14-/m0/s1. The van der Waals surface area contributed by atoms with Gasteiger partial charge in [-0.2, -0.15) is 5.10 Å². The average Bonchev–Trinajstić information content (AvgIpc) is 3.26. The summed E-state index contributed by atoms with van der Waals surface area (Å²) in [6.07, 6.45) is 3.97. The maximum Gasteiger partial charge on any atom is 0.163 e. The summed E-state index contributed by atoms with van der Waals surface area (Å²) in [5.74, 6) is 1.72. The number of fused-ring (bicyclic) bond motifs is 1. The first-order chi connectivity index (χ1) is 11.8. The van der Waals surface area contributed by atoms with Crippen LogP contribution < -0.4 is 4.90 Å². The molecule has 7 heteroatoms. The molecule has 0 bridgehead atoms. The van der Waals surface area contributed by atoms with E-state index < -0.39 is 0 Å². The Morgan fingerprint density at radius 1 is 1.12 bits per heavy atom. The van der Waals surface area contributed by atoms with Crippen LogP contribution in [0.2, 0.25) is 0 Å². The van der Waals surface area contributed by atoms with Gasteiger partial charge in [0.25, 0.3) is 0 Å². The molecule has 2 fully saturated rings. The van der Waals surface area contributed by atoms with Gasteiger partial charge in [-0.1, -0.05) is 20.8 Å². The van der Waals surface area contributed by atoms with Crippen LogP contribution in [0.3, 0.4) is 0 Å². The molecular weight excluding hydrogens is 316 g/mol. The Hall–Kier alpha value is -1.73. The van der Waals surface area contributed by atoms with Crippen molar-refractivity contribution < 1.29 is 5.11 Å². The molecule has 2 aliphatic heterocycles. The van der Waals surface area contributed by atoms with Crippen molar-refractivity contribution in [3.8, 4) is 0 Å². The van der Waals surface area contributed by atoms with Crippen molar-refractivity contribution in [2.45, 2.75) is 51.2 Å². The largest absolute Gasteiger partial charge is 0.390 e. The van der Waals surface area contributed by atoms with E-state index in [4.69, 9.17) is 9.97 Å². The lowest BCUT2D eigenvalue weighted by molar-refractivity contribution is 0.0986. The number of aryl methyl sites for hydroxylation is 1. The zero-order valence-electron chi connectivity index (χ0n) is 15.6. The smallest absolute Gasteiger partial charge is 0.163 e. The zero-order valence-corrected chi connectivity index (χ0v) is 15.6. The number of hydrogen-bond acceptors (Lipinski definition) is 6. The highest BCUT2D eigenvalue weighted by Crippen LogP contribution is 2.31. The van der Waals surface area contributed by atoms with Crippen LogP contribution in [0.4, 0.5) is 5.82 Å². The third-order valence-corrected chi connectivity index (χ3v) is 5.41. The van der Waals surface area contributed by atoms with Crippen molar-refractivity contribution >= 4 is 16.9 Å². The summed E-state index contributed by atoms with van der Waals surface area (Å²) in [5, 5.41) is 16.0. The van der Waals surface area contributed by atoms with Gasteiger partial charge in [0.2, 0.25) is 0 Å². The summed E-state index contributed by atoms with van der Waals surface area (Å²) in [6.45, 7) is 9.99. The van der Waals surface area contributed by atoms with Crippen molar-refractivity contribution in [2.24, 2.45) is 7.05 Å². The van der Waals surface area contributed by atoms with Gasteiger partial charge in [-0.15, -0.1) is 0 Å². The SMILES string of the molecule is Cn1ncc2c(N3C[C@H](O)[C@@H](N4CCCC4)C3)nc(C(C)(C)C)nc21. The van der Waals surface area contributed by atoms with Gasteiger partial charge >= 0.3 is 0 Å². The third kappa shape index (κ3) is 2.89. The lowest BCUT2D eigenvalue weighted by atomic mass is 9.95. The molecule has 0 radical (unpaired) electrons. The van der Waals surface area contributed by atoms with E-state index in [2.05, 4.69) is 35.7 Å². The summed E-state index contributed by atoms with van der Waals surface area (Å²) in [5.41, 5.74) is 0.717. The number of hydrogen-bond donors (Lipinski definition) is 1. The van der Waals surface area contributed by atoms with Crippen molar-refractivity contribution in [3.63, 3.8) is 0 Å². The molecule has 0 aromatic carbocycles. The minimum atomic E-state index is -0.335. The molecule has 2 saturated heterocycles. The summed E-state index contributed by atoms with van der Waals surface area (Å²) in [6, 6.07) is 0.197. The number of nitrogens with zero attached hydrogens (tertiary/aromatic N) is 6. The molecular formula is C18H28N6O. The molecule has 25 heavy (non-hydrogen) atoms. The molecule has 0 spiro atoms. The monoisotopic (exact) mass is 344 g/mol. The molecule has 2 aromatic heterocycles. The normalized spacial score (nSPS) is 25.4. The minimum Gasteiger partial charge on any atom is -0.390 e. The fraction of sp³-hybridized carbons (Fsp3) is 0.722. The number of aliphatic hydroxyl groups is 1. The second-order valence-corrected chi connectivity index (χ2v) is 8.41. The van der Waals surface area contributed by atoms with Gasteiger partial charge in [0, 0.05) is 25.6 Å². The van der Waals surface area contributed by atoms with Crippen LogP contribution in [0, 0.1) is 0 Å².